The lowest BCUT2D eigenvalue weighted by Gasteiger charge is -2.35. The third kappa shape index (κ3) is 4.87. The summed E-state index contributed by atoms with van der Waals surface area (Å²) in [7, 11) is 0. The van der Waals surface area contributed by atoms with Gasteiger partial charge in [0.15, 0.2) is 11.6 Å². The van der Waals surface area contributed by atoms with Gasteiger partial charge in [0.1, 0.15) is 18.0 Å². The first-order valence-corrected chi connectivity index (χ1v) is 9.24. The van der Waals surface area contributed by atoms with Crippen molar-refractivity contribution in [1.29, 1.82) is 0 Å². The second-order valence-electron chi connectivity index (χ2n) is 8.10. The number of carbonyl (C=O) groups is 1. The van der Waals surface area contributed by atoms with Gasteiger partial charge in [-0.1, -0.05) is 24.3 Å². The molecule has 0 atom stereocenters. The van der Waals surface area contributed by atoms with Gasteiger partial charge >= 0.3 is 5.97 Å². The maximum atomic E-state index is 14.0. The Hall–Kier alpha value is -2.47. The molecule has 1 aliphatic carbocycles. The second kappa shape index (κ2) is 7.87. The summed E-state index contributed by atoms with van der Waals surface area (Å²) in [5, 5.41) is 9.50. The van der Waals surface area contributed by atoms with Crippen LogP contribution >= 0.6 is 0 Å². The van der Waals surface area contributed by atoms with Gasteiger partial charge < -0.3 is 14.6 Å². The van der Waals surface area contributed by atoms with E-state index in [4.69, 9.17) is 9.47 Å². The highest BCUT2D eigenvalue weighted by Gasteiger charge is 2.32. The van der Waals surface area contributed by atoms with Gasteiger partial charge in [-0.3, -0.25) is 0 Å². The molecule has 4 nitrogen and oxygen atoms in total. The first kappa shape index (κ1) is 20.3. The van der Waals surface area contributed by atoms with E-state index in [0.29, 0.717) is 11.5 Å². The number of carbonyl (C=O) groups excluding carboxylic acids is 1. The maximum absolute atomic E-state index is 14.0. The van der Waals surface area contributed by atoms with Crippen molar-refractivity contribution in [1.82, 2.24) is 0 Å². The van der Waals surface area contributed by atoms with E-state index in [2.05, 4.69) is 0 Å². The molecular formula is C22H24F2O4. The van der Waals surface area contributed by atoms with Crippen molar-refractivity contribution >= 4 is 5.97 Å². The molecule has 1 saturated carbocycles. The van der Waals surface area contributed by atoms with Crippen LogP contribution in [0.5, 0.6) is 5.75 Å². The summed E-state index contributed by atoms with van der Waals surface area (Å²) in [6, 6.07) is 9.11. The SMILES string of the molecule is CC(C)(C)OC(=O)COC1CC(c2ccc(-c3cc(O)cc(F)c3F)cc2)C1. The van der Waals surface area contributed by atoms with Crippen LogP contribution in [0.2, 0.25) is 0 Å². The van der Waals surface area contributed by atoms with Gasteiger partial charge in [-0.25, -0.2) is 13.6 Å². The number of hydrogen-bond donors (Lipinski definition) is 1. The molecule has 0 heterocycles. The third-order valence-electron chi connectivity index (χ3n) is 4.66. The van der Waals surface area contributed by atoms with E-state index in [1.807, 2.05) is 32.9 Å². The van der Waals surface area contributed by atoms with Crippen molar-refractivity contribution in [2.75, 3.05) is 6.61 Å². The topological polar surface area (TPSA) is 55.8 Å². The van der Waals surface area contributed by atoms with E-state index in [9.17, 15) is 18.7 Å². The number of ether oxygens (including phenoxy) is 2. The van der Waals surface area contributed by atoms with E-state index in [1.165, 1.54) is 6.07 Å². The fourth-order valence-electron chi connectivity index (χ4n) is 3.25. The molecule has 6 heteroatoms. The number of halogens is 2. The number of hydrogen-bond acceptors (Lipinski definition) is 4. The van der Waals surface area contributed by atoms with Gasteiger partial charge in [0.25, 0.3) is 0 Å². The standard InChI is InChI=1S/C22H24F2O4/c1-22(2,3)28-20(26)12-27-17-8-15(9-17)13-4-6-14(7-5-13)18-10-16(25)11-19(23)21(18)24/h4-7,10-11,15,17,25H,8-9,12H2,1-3H3. The number of phenolic OH excluding ortho intramolecular Hbond substituents is 1. The predicted octanol–water partition coefficient (Wildman–Crippen LogP) is 4.94. The second-order valence-corrected chi connectivity index (χ2v) is 8.10. The van der Waals surface area contributed by atoms with Crippen LogP contribution in [0.15, 0.2) is 36.4 Å². The van der Waals surface area contributed by atoms with Crippen LogP contribution in [0.4, 0.5) is 8.78 Å². The van der Waals surface area contributed by atoms with E-state index < -0.39 is 17.2 Å². The van der Waals surface area contributed by atoms with Crippen molar-refractivity contribution in [2.45, 2.75) is 51.2 Å². The van der Waals surface area contributed by atoms with E-state index >= 15 is 0 Å². The van der Waals surface area contributed by atoms with Crippen LogP contribution < -0.4 is 0 Å². The fraction of sp³-hybridized carbons (Fsp3) is 0.409. The van der Waals surface area contributed by atoms with Gasteiger partial charge in [-0.15, -0.1) is 0 Å². The maximum Gasteiger partial charge on any atom is 0.332 e. The van der Waals surface area contributed by atoms with Gasteiger partial charge in [0.05, 0.1) is 6.10 Å². The monoisotopic (exact) mass is 390 g/mol. The summed E-state index contributed by atoms with van der Waals surface area (Å²) in [4.78, 5) is 11.7. The molecule has 0 radical (unpaired) electrons. The largest absolute Gasteiger partial charge is 0.508 e. The highest BCUT2D eigenvalue weighted by molar-refractivity contribution is 5.71. The van der Waals surface area contributed by atoms with Crippen LogP contribution in [-0.2, 0) is 14.3 Å². The predicted molar refractivity (Wildman–Crippen MR) is 101 cm³/mol. The van der Waals surface area contributed by atoms with E-state index in [0.717, 1.165) is 24.5 Å². The van der Waals surface area contributed by atoms with E-state index in [-0.39, 0.29) is 30.0 Å². The fourth-order valence-corrected chi connectivity index (χ4v) is 3.25. The van der Waals surface area contributed by atoms with Gasteiger partial charge in [0, 0.05) is 11.6 Å². The number of rotatable bonds is 5. The molecule has 0 bridgehead atoms. The van der Waals surface area contributed by atoms with Crippen LogP contribution in [0.25, 0.3) is 11.1 Å². The molecule has 28 heavy (non-hydrogen) atoms. The average molecular weight is 390 g/mol. The minimum atomic E-state index is -1.08. The highest BCUT2D eigenvalue weighted by atomic mass is 19.2. The smallest absolute Gasteiger partial charge is 0.332 e. The molecule has 2 aromatic rings. The van der Waals surface area contributed by atoms with Crippen LogP contribution in [0.1, 0.15) is 45.1 Å². The quantitative estimate of drug-likeness (QED) is 0.735. The molecule has 0 aliphatic heterocycles. The average Bonchev–Trinajstić information content (AvgIpc) is 2.55. The Labute approximate surface area is 163 Å². The number of aromatic hydroxyl groups is 1. The molecule has 0 saturated heterocycles. The zero-order chi connectivity index (χ0) is 20.5. The Kier molecular flexibility index (Phi) is 5.70. The zero-order valence-electron chi connectivity index (χ0n) is 16.2. The Morgan fingerprint density at radius 3 is 2.39 bits per heavy atom. The Balaban J connectivity index is 1.54. The molecule has 1 N–H and O–H groups in total. The molecule has 1 fully saturated rings. The van der Waals surface area contributed by atoms with Gasteiger partial charge in [-0.2, -0.15) is 0 Å². The third-order valence-corrected chi connectivity index (χ3v) is 4.66. The first-order valence-electron chi connectivity index (χ1n) is 9.24. The molecular weight excluding hydrogens is 366 g/mol. The summed E-state index contributed by atoms with van der Waals surface area (Å²) in [5.74, 6) is -2.46. The van der Waals surface area contributed by atoms with Crippen molar-refractivity contribution in [3.05, 3.63) is 53.6 Å². The van der Waals surface area contributed by atoms with Crippen molar-refractivity contribution < 1.29 is 28.2 Å². The molecule has 0 aromatic heterocycles. The molecule has 150 valence electrons. The van der Waals surface area contributed by atoms with Crippen molar-refractivity contribution in [3.8, 4) is 16.9 Å². The molecule has 1 aliphatic rings. The lowest BCUT2D eigenvalue weighted by Crippen LogP contribution is -2.33. The normalized spacial score (nSPS) is 19.2. The number of esters is 1. The van der Waals surface area contributed by atoms with Crippen LogP contribution in [0, 0.1) is 11.6 Å². The first-order chi connectivity index (χ1) is 13.1. The number of phenols is 1. The molecule has 3 rings (SSSR count). The summed E-state index contributed by atoms with van der Waals surface area (Å²) >= 11 is 0. The van der Waals surface area contributed by atoms with Gasteiger partial charge in [0.2, 0.25) is 0 Å². The number of benzene rings is 2. The minimum Gasteiger partial charge on any atom is -0.508 e. The van der Waals surface area contributed by atoms with Crippen LogP contribution in [-0.4, -0.2) is 29.4 Å². The Morgan fingerprint density at radius 1 is 1.14 bits per heavy atom. The van der Waals surface area contributed by atoms with Crippen LogP contribution in [0.3, 0.4) is 0 Å². The van der Waals surface area contributed by atoms with E-state index in [1.54, 1.807) is 12.1 Å². The molecule has 0 spiro atoms. The van der Waals surface area contributed by atoms with Crippen molar-refractivity contribution in [2.24, 2.45) is 0 Å². The zero-order valence-corrected chi connectivity index (χ0v) is 16.2. The molecule has 0 unspecified atom stereocenters. The molecule has 2 aromatic carbocycles. The lowest BCUT2D eigenvalue weighted by atomic mass is 9.77. The molecule has 0 amide bonds. The summed E-state index contributed by atoms with van der Waals surface area (Å²) in [5.41, 5.74) is 1.06. The Bertz CT molecular complexity index is 850. The summed E-state index contributed by atoms with van der Waals surface area (Å²) in [6.07, 6.45) is 1.59. The Morgan fingerprint density at radius 2 is 1.79 bits per heavy atom. The highest BCUT2D eigenvalue weighted by Crippen LogP contribution is 2.39. The van der Waals surface area contributed by atoms with Crippen molar-refractivity contribution in [3.63, 3.8) is 0 Å². The lowest BCUT2D eigenvalue weighted by molar-refractivity contribution is -0.164. The summed E-state index contributed by atoms with van der Waals surface area (Å²) < 4.78 is 38.2. The van der Waals surface area contributed by atoms with Gasteiger partial charge in [-0.05, 0) is 56.7 Å². The summed E-state index contributed by atoms with van der Waals surface area (Å²) in [6.45, 7) is 5.37. The minimum absolute atomic E-state index is 0.00908.